The number of nitrogens with zero attached hydrogens (tertiary/aromatic N) is 2. The van der Waals surface area contributed by atoms with Crippen molar-refractivity contribution in [3.63, 3.8) is 0 Å². The highest BCUT2D eigenvalue weighted by atomic mass is 35.5. The van der Waals surface area contributed by atoms with Gasteiger partial charge < -0.3 is 20.1 Å². The molecule has 7 nitrogen and oxygen atoms in total. The van der Waals surface area contributed by atoms with Gasteiger partial charge in [-0.25, -0.2) is 0 Å². The number of amides is 1. The van der Waals surface area contributed by atoms with Gasteiger partial charge in [-0.2, -0.15) is 0 Å². The van der Waals surface area contributed by atoms with Gasteiger partial charge in [0.2, 0.25) is 5.91 Å². The van der Waals surface area contributed by atoms with Gasteiger partial charge in [-0.15, -0.1) is 12.4 Å². The Labute approximate surface area is 209 Å². The number of halogens is 1. The zero-order valence-corrected chi connectivity index (χ0v) is 21.0. The van der Waals surface area contributed by atoms with E-state index < -0.39 is 0 Å². The van der Waals surface area contributed by atoms with E-state index in [1.165, 1.54) is 12.0 Å². The maximum absolute atomic E-state index is 12.5. The van der Waals surface area contributed by atoms with Crippen molar-refractivity contribution in [2.45, 2.75) is 44.8 Å². The fourth-order valence-electron chi connectivity index (χ4n) is 5.35. The van der Waals surface area contributed by atoms with Crippen LogP contribution in [0.1, 0.15) is 36.8 Å². The molecule has 1 amide bonds. The Balaban J connectivity index is 0.00000324. The lowest BCUT2D eigenvalue weighted by molar-refractivity contribution is -0.121. The fourth-order valence-corrected chi connectivity index (χ4v) is 5.35. The van der Waals surface area contributed by atoms with Gasteiger partial charge in [0.15, 0.2) is 11.5 Å². The van der Waals surface area contributed by atoms with Crippen LogP contribution in [0.15, 0.2) is 42.7 Å². The number of nitrogens with one attached hydrogen (secondary N) is 2. The molecule has 4 rings (SSSR count). The molecule has 186 valence electrons. The molecular weight excluding hydrogens is 452 g/mol. The number of likely N-dealkylation sites (tertiary alicyclic amines) is 1. The van der Waals surface area contributed by atoms with Gasteiger partial charge in [0.25, 0.3) is 0 Å². The Kier molecular flexibility index (Phi) is 9.99. The first-order chi connectivity index (χ1) is 16.2. The first-order valence-corrected chi connectivity index (χ1v) is 12.0. The maximum atomic E-state index is 12.5. The van der Waals surface area contributed by atoms with Crippen molar-refractivity contribution >= 4 is 18.3 Å². The molecule has 2 unspecified atom stereocenters. The minimum atomic E-state index is 0. The van der Waals surface area contributed by atoms with E-state index in [2.05, 4.69) is 26.6 Å². The summed E-state index contributed by atoms with van der Waals surface area (Å²) in [5.74, 6) is 2.80. The molecule has 0 saturated carbocycles. The van der Waals surface area contributed by atoms with E-state index in [1.54, 1.807) is 14.2 Å². The molecule has 2 aromatic rings. The number of para-hydroxylation sites is 1. The highest BCUT2D eigenvalue weighted by Crippen LogP contribution is 2.32. The highest BCUT2D eigenvalue weighted by molar-refractivity contribution is 5.85. The highest BCUT2D eigenvalue weighted by Gasteiger charge is 2.36. The van der Waals surface area contributed by atoms with Crippen LogP contribution in [0.3, 0.4) is 0 Å². The molecular formula is C26H37ClN4O3. The Bertz CT molecular complexity index is 914. The maximum Gasteiger partial charge on any atom is 0.220 e. The summed E-state index contributed by atoms with van der Waals surface area (Å²) in [5, 5.41) is 6.80. The van der Waals surface area contributed by atoms with Gasteiger partial charge in [-0.1, -0.05) is 18.2 Å². The Morgan fingerprint density at radius 1 is 1.21 bits per heavy atom. The summed E-state index contributed by atoms with van der Waals surface area (Å²) in [4.78, 5) is 19.3. The van der Waals surface area contributed by atoms with Crippen molar-refractivity contribution in [2.24, 2.45) is 11.8 Å². The number of rotatable bonds is 10. The van der Waals surface area contributed by atoms with E-state index >= 15 is 0 Å². The normalized spacial score (nSPS) is 21.9. The molecule has 1 aromatic heterocycles. The lowest BCUT2D eigenvalue weighted by Gasteiger charge is -2.46. The van der Waals surface area contributed by atoms with Gasteiger partial charge in [0.1, 0.15) is 0 Å². The molecule has 3 heterocycles. The third-order valence-electron chi connectivity index (χ3n) is 6.89. The van der Waals surface area contributed by atoms with Crippen molar-refractivity contribution < 1.29 is 14.3 Å². The van der Waals surface area contributed by atoms with E-state index in [0.717, 1.165) is 50.5 Å². The molecule has 2 aliphatic rings. The molecule has 2 saturated heterocycles. The number of ether oxygens (including phenoxy) is 2. The Hall–Kier alpha value is -2.35. The number of pyridine rings is 1. The first-order valence-electron chi connectivity index (χ1n) is 12.0. The van der Waals surface area contributed by atoms with Gasteiger partial charge in [0, 0.05) is 56.6 Å². The van der Waals surface area contributed by atoms with Crippen molar-refractivity contribution in [2.75, 3.05) is 33.9 Å². The minimum Gasteiger partial charge on any atom is -0.493 e. The molecule has 0 spiro atoms. The zero-order chi connectivity index (χ0) is 23.0. The van der Waals surface area contributed by atoms with E-state index in [0.29, 0.717) is 36.4 Å². The van der Waals surface area contributed by atoms with Crippen LogP contribution in [-0.2, 0) is 17.9 Å². The lowest BCUT2D eigenvalue weighted by Crippen LogP contribution is -2.55. The summed E-state index contributed by atoms with van der Waals surface area (Å²) in [6.45, 7) is 4.76. The van der Waals surface area contributed by atoms with Crippen molar-refractivity contribution in [3.05, 3.63) is 53.9 Å². The molecule has 0 radical (unpaired) electrons. The predicted octanol–water partition coefficient (Wildman–Crippen LogP) is 3.42. The molecule has 34 heavy (non-hydrogen) atoms. The van der Waals surface area contributed by atoms with E-state index in [1.807, 2.05) is 36.7 Å². The Morgan fingerprint density at radius 2 is 2.09 bits per heavy atom. The molecule has 0 aliphatic carbocycles. The number of fused-ring (bicyclic) bond motifs is 2. The van der Waals surface area contributed by atoms with Crippen LogP contribution in [0.5, 0.6) is 11.5 Å². The third-order valence-corrected chi connectivity index (χ3v) is 6.89. The summed E-state index contributed by atoms with van der Waals surface area (Å²) >= 11 is 0. The van der Waals surface area contributed by atoms with Crippen LogP contribution in [0.2, 0.25) is 0 Å². The van der Waals surface area contributed by atoms with Gasteiger partial charge in [-0.3, -0.25) is 14.7 Å². The molecule has 1 aromatic carbocycles. The van der Waals surface area contributed by atoms with Crippen LogP contribution >= 0.6 is 12.4 Å². The number of carbonyl (C=O) groups excluding carboxylic acids is 1. The van der Waals surface area contributed by atoms with Gasteiger partial charge in [0.05, 0.1) is 14.2 Å². The number of piperidine rings is 2. The van der Waals surface area contributed by atoms with Crippen LogP contribution < -0.4 is 20.1 Å². The monoisotopic (exact) mass is 488 g/mol. The third kappa shape index (κ3) is 6.84. The number of aromatic nitrogens is 1. The molecule has 3 atom stereocenters. The topological polar surface area (TPSA) is 75.7 Å². The van der Waals surface area contributed by atoms with Crippen molar-refractivity contribution in [1.82, 2.24) is 20.5 Å². The SMILES string of the molecule is COc1cccc(CNC(=O)CCC[C@H]2NCC3CC2CN(Cc2cccnc2)C3)c1OC.Cl. The quantitative estimate of drug-likeness (QED) is 0.533. The number of methoxy groups -OCH3 is 2. The minimum absolute atomic E-state index is 0. The smallest absolute Gasteiger partial charge is 0.220 e. The molecule has 2 aliphatic heterocycles. The summed E-state index contributed by atoms with van der Waals surface area (Å²) in [7, 11) is 3.24. The molecule has 2 fully saturated rings. The number of hydrogen-bond acceptors (Lipinski definition) is 6. The number of hydrogen-bond donors (Lipinski definition) is 2. The molecule has 2 bridgehead atoms. The Morgan fingerprint density at radius 3 is 2.85 bits per heavy atom. The van der Waals surface area contributed by atoms with Crippen LogP contribution in [0.4, 0.5) is 0 Å². The zero-order valence-electron chi connectivity index (χ0n) is 20.2. The van der Waals surface area contributed by atoms with E-state index in [9.17, 15) is 4.79 Å². The van der Waals surface area contributed by atoms with E-state index in [4.69, 9.17) is 9.47 Å². The van der Waals surface area contributed by atoms with Gasteiger partial charge >= 0.3 is 0 Å². The largest absolute Gasteiger partial charge is 0.493 e. The van der Waals surface area contributed by atoms with Crippen LogP contribution in [0.25, 0.3) is 0 Å². The second-order valence-corrected chi connectivity index (χ2v) is 9.25. The average Bonchev–Trinajstić information content (AvgIpc) is 2.84. The van der Waals surface area contributed by atoms with Crippen LogP contribution in [0, 0.1) is 11.8 Å². The molecule has 2 N–H and O–H groups in total. The second kappa shape index (κ2) is 12.9. The summed E-state index contributed by atoms with van der Waals surface area (Å²) in [6, 6.07) is 10.4. The lowest BCUT2D eigenvalue weighted by atomic mass is 9.79. The number of carbonyl (C=O) groups is 1. The second-order valence-electron chi connectivity index (χ2n) is 9.25. The predicted molar refractivity (Wildman–Crippen MR) is 135 cm³/mol. The summed E-state index contributed by atoms with van der Waals surface area (Å²) in [5.41, 5.74) is 2.20. The van der Waals surface area contributed by atoms with Crippen LogP contribution in [-0.4, -0.2) is 55.7 Å². The average molecular weight is 489 g/mol. The van der Waals surface area contributed by atoms with Gasteiger partial charge in [-0.05, 0) is 55.3 Å². The fraction of sp³-hybridized carbons (Fsp3) is 0.538. The first kappa shape index (κ1) is 26.3. The molecule has 8 heteroatoms. The number of benzene rings is 1. The standard InChI is InChI=1S/C26H36N4O3.ClH/c1-32-24-9-3-7-21(26(24)33-2)15-29-25(31)10-4-8-23-22-12-20(14-28-23)17-30(18-22)16-19-6-5-11-27-13-19;/h3,5-7,9,11,13,20,22-23,28H,4,8,10,12,14-18H2,1-2H3,(H,29,31);1H/t20?,22?,23-;/m1./s1. The summed E-state index contributed by atoms with van der Waals surface area (Å²) < 4.78 is 10.8. The van der Waals surface area contributed by atoms with E-state index in [-0.39, 0.29) is 18.3 Å². The van der Waals surface area contributed by atoms with Crippen molar-refractivity contribution in [3.8, 4) is 11.5 Å². The van der Waals surface area contributed by atoms with Crippen molar-refractivity contribution in [1.29, 1.82) is 0 Å². The summed E-state index contributed by atoms with van der Waals surface area (Å²) in [6.07, 6.45) is 7.57.